The quantitative estimate of drug-likeness (QED) is 0.783. The van der Waals surface area contributed by atoms with E-state index in [0.717, 1.165) is 18.9 Å². The third-order valence-electron chi connectivity index (χ3n) is 2.28. The maximum Gasteiger partial charge on any atom is 0.224 e. The highest BCUT2D eigenvalue weighted by molar-refractivity contribution is 6.28. The minimum atomic E-state index is 0. The van der Waals surface area contributed by atoms with Gasteiger partial charge in [-0.3, -0.25) is 0 Å². The first-order valence-corrected chi connectivity index (χ1v) is 5.18. The number of anilines is 1. The second-order valence-electron chi connectivity index (χ2n) is 3.40. The summed E-state index contributed by atoms with van der Waals surface area (Å²) in [6.45, 7) is 2.10. The second-order valence-corrected chi connectivity index (χ2v) is 3.74. The van der Waals surface area contributed by atoms with Crippen molar-refractivity contribution in [2.45, 2.75) is 18.9 Å². The number of rotatable bonds is 2. The zero-order valence-electron chi connectivity index (χ0n) is 8.24. The molecule has 84 valence electrons. The van der Waals surface area contributed by atoms with Crippen LogP contribution in [0.3, 0.4) is 0 Å². The minimum Gasteiger partial charge on any atom is -0.366 e. The summed E-state index contributed by atoms with van der Waals surface area (Å²) in [5, 5.41) is 6.94. The molecule has 1 fully saturated rings. The predicted molar refractivity (Wildman–Crippen MR) is 63.8 cm³/mol. The first-order chi connectivity index (χ1) is 6.84. The van der Waals surface area contributed by atoms with Crippen LogP contribution in [-0.2, 0) is 0 Å². The lowest BCUT2D eigenvalue weighted by molar-refractivity contribution is 0.479. The molecule has 1 saturated heterocycles. The van der Waals surface area contributed by atoms with E-state index in [1.54, 1.807) is 6.20 Å². The number of aromatic nitrogens is 2. The Kier molecular flexibility index (Phi) is 5.08. The molecule has 1 aliphatic heterocycles. The summed E-state index contributed by atoms with van der Waals surface area (Å²) in [5.41, 5.74) is 0. The van der Waals surface area contributed by atoms with Gasteiger partial charge in [0.15, 0.2) is 0 Å². The highest BCUT2D eigenvalue weighted by Crippen LogP contribution is 2.11. The van der Waals surface area contributed by atoms with Gasteiger partial charge in [-0.15, -0.1) is 12.4 Å². The van der Waals surface area contributed by atoms with Gasteiger partial charge in [0, 0.05) is 18.8 Å². The van der Waals surface area contributed by atoms with Gasteiger partial charge in [0.25, 0.3) is 0 Å². The standard InChI is InChI=1S/C9H13ClN4.ClH/c10-9-12-5-3-8(14-9)13-7-2-1-4-11-6-7;/h3,5,7,11H,1-2,4,6H2,(H,12,13,14);1H/t7-;/m1./s1. The lowest BCUT2D eigenvalue weighted by atomic mass is 10.1. The summed E-state index contributed by atoms with van der Waals surface area (Å²) in [5.74, 6) is 0.804. The fourth-order valence-electron chi connectivity index (χ4n) is 1.60. The molecular weight excluding hydrogens is 235 g/mol. The Morgan fingerprint density at radius 1 is 1.53 bits per heavy atom. The molecule has 15 heavy (non-hydrogen) atoms. The molecule has 2 heterocycles. The molecule has 4 nitrogen and oxygen atoms in total. The van der Waals surface area contributed by atoms with Gasteiger partial charge in [0.1, 0.15) is 5.82 Å². The predicted octanol–water partition coefficient (Wildman–Crippen LogP) is 1.72. The Labute approximate surface area is 100 Å². The molecule has 1 aromatic rings. The summed E-state index contributed by atoms with van der Waals surface area (Å²) in [4.78, 5) is 7.91. The van der Waals surface area contributed by atoms with Crippen molar-refractivity contribution in [2.75, 3.05) is 18.4 Å². The largest absolute Gasteiger partial charge is 0.366 e. The van der Waals surface area contributed by atoms with Crippen LogP contribution in [0.4, 0.5) is 5.82 Å². The second kappa shape index (κ2) is 6.10. The van der Waals surface area contributed by atoms with Gasteiger partial charge in [-0.25, -0.2) is 9.97 Å². The fourth-order valence-corrected chi connectivity index (χ4v) is 1.75. The van der Waals surface area contributed by atoms with Crippen LogP contribution in [0.25, 0.3) is 0 Å². The van der Waals surface area contributed by atoms with Crippen molar-refractivity contribution >= 4 is 29.8 Å². The highest BCUT2D eigenvalue weighted by atomic mass is 35.5. The summed E-state index contributed by atoms with van der Waals surface area (Å²) < 4.78 is 0. The lowest BCUT2D eigenvalue weighted by Gasteiger charge is -2.24. The summed E-state index contributed by atoms with van der Waals surface area (Å²) >= 11 is 5.68. The number of piperidine rings is 1. The van der Waals surface area contributed by atoms with E-state index in [9.17, 15) is 0 Å². The van der Waals surface area contributed by atoms with Crippen molar-refractivity contribution in [3.05, 3.63) is 17.5 Å². The van der Waals surface area contributed by atoms with Crippen LogP contribution >= 0.6 is 24.0 Å². The van der Waals surface area contributed by atoms with Crippen LogP contribution in [0.1, 0.15) is 12.8 Å². The SMILES string of the molecule is Cl.Clc1nccc(N[C@@H]2CCCNC2)n1. The Morgan fingerprint density at radius 2 is 2.40 bits per heavy atom. The lowest BCUT2D eigenvalue weighted by Crippen LogP contribution is -2.38. The van der Waals surface area contributed by atoms with Crippen LogP contribution in [0.15, 0.2) is 12.3 Å². The van der Waals surface area contributed by atoms with Crippen molar-refractivity contribution in [1.29, 1.82) is 0 Å². The molecular formula is C9H14Cl2N4. The molecule has 0 bridgehead atoms. The zero-order valence-corrected chi connectivity index (χ0v) is 9.81. The molecule has 1 atom stereocenters. The smallest absolute Gasteiger partial charge is 0.224 e. The number of nitrogens with one attached hydrogen (secondary N) is 2. The van der Waals surface area contributed by atoms with E-state index in [-0.39, 0.29) is 12.4 Å². The van der Waals surface area contributed by atoms with Crippen molar-refractivity contribution in [3.63, 3.8) is 0 Å². The summed E-state index contributed by atoms with van der Waals surface area (Å²) in [6, 6.07) is 2.29. The maximum atomic E-state index is 5.68. The Balaban J connectivity index is 0.00000112. The van der Waals surface area contributed by atoms with Crippen LogP contribution in [0.5, 0.6) is 0 Å². The number of hydrogen-bond donors (Lipinski definition) is 2. The van der Waals surface area contributed by atoms with E-state index in [4.69, 9.17) is 11.6 Å². The number of nitrogens with zero attached hydrogens (tertiary/aromatic N) is 2. The molecule has 1 aromatic heterocycles. The maximum absolute atomic E-state index is 5.68. The van der Waals surface area contributed by atoms with E-state index in [0.29, 0.717) is 11.3 Å². The van der Waals surface area contributed by atoms with Crippen molar-refractivity contribution in [2.24, 2.45) is 0 Å². The topological polar surface area (TPSA) is 49.8 Å². The average molecular weight is 249 g/mol. The first-order valence-electron chi connectivity index (χ1n) is 4.80. The molecule has 0 aromatic carbocycles. The molecule has 2 N–H and O–H groups in total. The molecule has 2 rings (SSSR count). The van der Waals surface area contributed by atoms with Gasteiger partial charge in [0.05, 0.1) is 0 Å². The van der Waals surface area contributed by atoms with Gasteiger partial charge in [-0.2, -0.15) is 0 Å². The van der Waals surface area contributed by atoms with Crippen LogP contribution in [0, 0.1) is 0 Å². The van der Waals surface area contributed by atoms with Gasteiger partial charge in [0.2, 0.25) is 5.28 Å². The Morgan fingerprint density at radius 3 is 3.07 bits per heavy atom. The van der Waals surface area contributed by atoms with E-state index in [1.165, 1.54) is 12.8 Å². The van der Waals surface area contributed by atoms with Gasteiger partial charge in [-0.1, -0.05) is 0 Å². The molecule has 6 heteroatoms. The average Bonchev–Trinajstić information content (AvgIpc) is 2.19. The van der Waals surface area contributed by atoms with Crippen molar-refractivity contribution in [3.8, 4) is 0 Å². The van der Waals surface area contributed by atoms with Gasteiger partial charge >= 0.3 is 0 Å². The summed E-state index contributed by atoms with van der Waals surface area (Å²) in [6.07, 6.45) is 4.04. The molecule has 1 aliphatic rings. The van der Waals surface area contributed by atoms with Gasteiger partial charge < -0.3 is 10.6 Å². The third kappa shape index (κ3) is 3.81. The van der Waals surface area contributed by atoms with Gasteiger partial charge in [-0.05, 0) is 37.1 Å². The number of halogens is 2. The van der Waals surface area contributed by atoms with Crippen LogP contribution in [0.2, 0.25) is 5.28 Å². The molecule has 0 radical (unpaired) electrons. The molecule has 0 saturated carbocycles. The highest BCUT2D eigenvalue weighted by Gasteiger charge is 2.12. The third-order valence-corrected chi connectivity index (χ3v) is 2.46. The molecule has 0 amide bonds. The van der Waals surface area contributed by atoms with Crippen LogP contribution in [-0.4, -0.2) is 29.1 Å². The molecule has 0 unspecified atom stereocenters. The summed E-state index contributed by atoms with van der Waals surface area (Å²) in [7, 11) is 0. The van der Waals surface area contributed by atoms with E-state index in [2.05, 4.69) is 20.6 Å². The van der Waals surface area contributed by atoms with Crippen LogP contribution < -0.4 is 10.6 Å². The normalized spacial score (nSPS) is 20.5. The minimum absolute atomic E-state index is 0. The number of hydrogen-bond acceptors (Lipinski definition) is 4. The van der Waals surface area contributed by atoms with E-state index in [1.807, 2.05) is 6.07 Å². The van der Waals surface area contributed by atoms with Crippen molar-refractivity contribution < 1.29 is 0 Å². The zero-order chi connectivity index (χ0) is 9.80. The van der Waals surface area contributed by atoms with Crippen molar-refractivity contribution in [1.82, 2.24) is 15.3 Å². The first kappa shape index (κ1) is 12.5. The fraction of sp³-hybridized carbons (Fsp3) is 0.556. The monoisotopic (exact) mass is 248 g/mol. The Bertz CT molecular complexity index is 302. The Hall–Kier alpha value is -0.580. The van der Waals surface area contributed by atoms with E-state index < -0.39 is 0 Å². The molecule has 0 aliphatic carbocycles. The van der Waals surface area contributed by atoms with E-state index >= 15 is 0 Å². The molecule has 0 spiro atoms.